The fourth-order valence-corrected chi connectivity index (χ4v) is 3.96. The molecule has 11 heteroatoms. The van der Waals surface area contributed by atoms with Crippen molar-refractivity contribution in [2.24, 2.45) is 0 Å². The van der Waals surface area contributed by atoms with Crippen LogP contribution < -0.4 is 4.18 Å². The van der Waals surface area contributed by atoms with E-state index < -0.39 is 33.5 Å². The maximum absolute atomic E-state index is 14.0. The van der Waals surface area contributed by atoms with E-state index in [0.29, 0.717) is 16.7 Å². The third kappa shape index (κ3) is 5.05. The van der Waals surface area contributed by atoms with E-state index in [-0.39, 0.29) is 19.1 Å². The zero-order valence-electron chi connectivity index (χ0n) is 17.8. The van der Waals surface area contributed by atoms with Gasteiger partial charge in [0, 0.05) is 5.56 Å². The van der Waals surface area contributed by atoms with Gasteiger partial charge in [0.15, 0.2) is 5.75 Å². The normalized spacial score (nSPS) is 12.4. The van der Waals surface area contributed by atoms with Gasteiger partial charge in [0.1, 0.15) is 0 Å². The predicted octanol–water partition coefficient (Wildman–Crippen LogP) is 6.95. The third-order valence-corrected chi connectivity index (χ3v) is 6.20. The quantitative estimate of drug-likeness (QED) is 0.249. The van der Waals surface area contributed by atoms with Gasteiger partial charge >= 0.3 is 27.7 Å². The van der Waals surface area contributed by atoms with Crippen LogP contribution in [-0.4, -0.2) is 26.0 Å². The molecule has 0 amide bonds. The van der Waals surface area contributed by atoms with Crippen molar-refractivity contribution in [2.75, 3.05) is 0 Å². The van der Waals surface area contributed by atoms with Crippen molar-refractivity contribution in [2.45, 2.75) is 31.5 Å². The Balaban J connectivity index is 0.00000408. The maximum atomic E-state index is 14.0. The zero-order chi connectivity index (χ0) is 24.6. The highest BCUT2D eigenvalue weighted by atomic mass is 32.2. The lowest BCUT2D eigenvalue weighted by Gasteiger charge is -2.25. The molecule has 0 N–H and O–H groups in total. The molecular weight excluding hydrogens is 502 g/mol. The summed E-state index contributed by atoms with van der Waals surface area (Å²) in [6.07, 6.45) is -4.93. The molecule has 0 radical (unpaired) electrons. The molecule has 3 nitrogen and oxygen atoms in total. The monoisotopic (exact) mass is 522 g/mol. The van der Waals surface area contributed by atoms with Crippen molar-refractivity contribution in [3.63, 3.8) is 0 Å². The molecule has 34 heavy (non-hydrogen) atoms. The summed E-state index contributed by atoms with van der Waals surface area (Å²) < 4.78 is 109. The second-order valence-corrected chi connectivity index (χ2v) is 8.98. The first-order chi connectivity index (χ1) is 15.3. The molecule has 0 heterocycles. The lowest BCUT2D eigenvalue weighted by molar-refractivity contribution is -0.227. The molecule has 0 saturated heterocycles. The van der Waals surface area contributed by atoms with Crippen LogP contribution in [0.25, 0.3) is 22.3 Å². The van der Waals surface area contributed by atoms with Gasteiger partial charge in [0.05, 0.1) is 0 Å². The number of hydrogen-bond donors (Lipinski definition) is 0. The molecule has 0 bridgehead atoms. The van der Waals surface area contributed by atoms with E-state index in [4.69, 9.17) is 0 Å². The van der Waals surface area contributed by atoms with Crippen molar-refractivity contribution in [1.82, 2.24) is 0 Å². The van der Waals surface area contributed by atoms with Crippen molar-refractivity contribution < 1.29 is 38.9 Å². The topological polar surface area (TPSA) is 43.4 Å². The number of benzene rings is 3. The summed E-state index contributed by atoms with van der Waals surface area (Å²) in [5.74, 6) is -6.87. The molecular formula is C23H20F6O3S2. The Morgan fingerprint density at radius 3 is 1.71 bits per heavy atom. The first-order valence-electron chi connectivity index (χ1n) is 9.53. The second kappa shape index (κ2) is 9.91. The van der Waals surface area contributed by atoms with Crippen LogP contribution in [0.1, 0.15) is 11.1 Å². The summed E-state index contributed by atoms with van der Waals surface area (Å²) in [5, 5.41) is -6.18. The summed E-state index contributed by atoms with van der Waals surface area (Å²) in [6.45, 7) is 3.62. The first-order valence-corrected chi connectivity index (χ1v) is 10.9. The Hall–Kier alpha value is -2.66. The fraction of sp³-hybridized carbons (Fsp3) is 0.217. The van der Waals surface area contributed by atoms with Gasteiger partial charge in [-0.05, 0) is 36.6 Å². The Kier molecular flexibility index (Phi) is 8.04. The highest BCUT2D eigenvalue weighted by molar-refractivity contribution is 7.88. The van der Waals surface area contributed by atoms with Crippen molar-refractivity contribution in [1.29, 1.82) is 0 Å². The van der Waals surface area contributed by atoms with E-state index in [0.717, 1.165) is 17.2 Å². The SMILES string of the molecule is Cc1ccc(-c2cccc(OS(=O)(=O)C(F)(F)C(F)(F)C(F)F)c2-c2ccc(C)cc2)cc1.S. The number of aryl methyl sites for hydroxylation is 2. The minimum absolute atomic E-state index is 0. The van der Waals surface area contributed by atoms with E-state index in [1.54, 1.807) is 61.5 Å². The van der Waals surface area contributed by atoms with Crippen LogP contribution in [0.5, 0.6) is 5.75 Å². The van der Waals surface area contributed by atoms with Crippen molar-refractivity contribution in [3.05, 3.63) is 77.9 Å². The van der Waals surface area contributed by atoms with Gasteiger partial charge < -0.3 is 4.18 Å². The van der Waals surface area contributed by atoms with Crippen LogP contribution in [0.15, 0.2) is 66.7 Å². The van der Waals surface area contributed by atoms with Crippen LogP contribution in [0.3, 0.4) is 0 Å². The molecule has 3 aromatic carbocycles. The molecule has 3 aromatic rings. The molecule has 0 aromatic heterocycles. The average molecular weight is 523 g/mol. The van der Waals surface area contributed by atoms with E-state index in [9.17, 15) is 34.8 Å². The highest BCUT2D eigenvalue weighted by Crippen LogP contribution is 2.46. The third-order valence-electron chi connectivity index (χ3n) is 4.90. The second-order valence-electron chi connectivity index (χ2n) is 7.39. The number of hydrogen-bond acceptors (Lipinski definition) is 3. The Morgan fingerprint density at radius 2 is 1.24 bits per heavy atom. The largest absolute Gasteiger partial charge is 0.448 e. The average Bonchev–Trinajstić information content (AvgIpc) is 2.74. The summed E-state index contributed by atoms with van der Waals surface area (Å²) in [4.78, 5) is 0. The number of halogens is 6. The molecule has 0 spiro atoms. The summed E-state index contributed by atoms with van der Waals surface area (Å²) in [5.41, 5.74) is 3.02. The van der Waals surface area contributed by atoms with Crippen LogP contribution in [0.2, 0.25) is 0 Å². The van der Waals surface area contributed by atoms with Gasteiger partial charge in [-0.1, -0.05) is 71.8 Å². The van der Waals surface area contributed by atoms with E-state index >= 15 is 0 Å². The lowest BCUT2D eigenvalue weighted by Crippen LogP contribution is -2.53. The standard InChI is InChI=1S/C23H18F6O3S.H2S/c1-14-6-10-16(11-7-14)18-4-3-5-19(20(18)17-12-8-15(2)9-13-17)32-33(30,31)23(28,29)22(26,27)21(24)25;/h3-13,21H,1-2H3;1H2. The van der Waals surface area contributed by atoms with Crippen molar-refractivity contribution >= 4 is 23.6 Å². The molecule has 0 saturated carbocycles. The van der Waals surface area contributed by atoms with E-state index in [2.05, 4.69) is 4.18 Å². The zero-order valence-corrected chi connectivity index (χ0v) is 19.6. The smallest absolute Gasteiger partial charge is 0.377 e. The first kappa shape index (κ1) is 27.6. The predicted molar refractivity (Wildman–Crippen MR) is 123 cm³/mol. The van der Waals surface area contributed by atoms with E-state index in [1.165, 1.54) is 6.07 Å². The molecule has 3 rings (SSSR count). The fourth-order valence-electron chi connectivity index (χ4n) is 3.06. The molecule has 0 aliphatic carbocycles. The van der Waals surface area contributed by atoms with Gasteiger partial charge in [-0.25, -0.2) is 8.78 Å². The minimum Gasteiger partial charge on any atom is -0.377 e. The van der Waals surface area contributed by atoms with Crippen LogP contribution in [0.4, 0.5) is 26.3 Å². The Morgan fingerprint density at radius 1 is 0.765 bits per heavy atom. The van der Waals surface area contributed by atoms with Crippen LogP contribution in [0, 0.1) is 13.8 Å². The molecule has 0 aliphatic rings. The van der Waals surface area contributed by atoms with Gasteiger partial charge in [0.2, 0.25) is 0 Å². The molecule has 0 atom stereocenters. The Labute approximate surface area is 200 Å². The lowest BCUT2D eigenvalue weighted by atomic mass is 9.93. The molecule has 0 aliphatic heterocycles. The van der Waals surface area contributed by atoms with Crippen molar-refractivity contribution in [3.8, 4) is 28.0 Å². The summed E-state index contributed by atoms with van der Waals surface area (Å²) in [7, 11) is -6.52. The van der Waals surface area contributed by atoms with E-state index in [1.807, 2.05) is 6.92 Å². The Bertz CT molecular complexity index is 1240. The van der Waals surface area contributed by atoms with Gasteiger partial charge in [0.25, 0.3) is 0 Å². The number of rotatable bonds is 7. The highest BCUT2D eigenvalue weighted by Gasteiger charge is 2.72. The summed E-state index contributed by atoms with van der Waals surface area (Å²) in [6, 6.07) is 17.2. The number of alkyl halides is 6. The van der Waals surface area contributed by atoms with Gasteiger partial charge in [-0.3, -0.25) is 0 Å². The van der Waals surface area contributed by atoms with Gasteiger partial charge in [-0.15, -0.1) is 0 Å². The van der Waals surface area contributed by atoms with Gasteiger partial charge in [-0.2, -0.15) is 39.5 Å². The maximum Gasteiger partial charge on any atom is 0.448 e. The van der Waals surface area contributed by atoms with Crippen LogP contribution >= 0.6 is 13.5 Å². The molecule has 0 fully saturated rings. The molecule has 184 valence electrons. The van der Waals surface area contributed by atoms with Crippen LogP contribution in [-0.2, 0) is 10.1 Å². The molecule has 0 unspecified atom stereocenters. The summed E-state index contributed by atoms with van der Waals surface area (Å²) >= 11 is 0. The minimum atomic E-state index is -6.52.